The Kier molecular flexibility index (Phi) is 5.21. The van der Waals surface area contributed by atoms with Gasteiger partial charge in [0.15, 0.2) is 5.72 Å². The second-order valence-electron chi connectivity index (χ2n) is 8.19. The molecule has 0 bridgehead atoms. The number of fused-ring (bicyclic) bond motifs is 1. The van der Waals surface area contributed by atoms with Crippen molar-refractivity contribution in [3.63, 3.8) is 0 Å². The van der Waals surface area contributed by atoms with Crippen molar-refractivity contribution in [1.82, 2.24) is 9.88 Å². The molecule has 0 spiro atoms. The number of ether oxygens (including phenoxy) is 1. The molecule has 1 saturated carbocycles. The average Bonchev–Trinajstić information content (AvgIpc) is 3.47. The molecule has 2 aromatic carbocycles. The molecule has 1 unspecified atom stereocenters. The van der Waals surface area contributed by atoms with Gasteiger partial charge in [0, 0.05) is 16.8 Å². The number of amides is 1. The highest BCUT2D eigenvalue weighted by Crippen LogP contribution is 2.49. The molecule has 1 aliphatic carbocycles. The highest BCUT2D eigenvalue weighted by molar-refractivity contribution is 6.30. The molecule has 0 radical (unpaired) electrons. The third-order valence-corrected chi connectivity index (χ3v) is 6.40. The van der Waals surface area contributed by atoms with Crippen molar-refractivity contribution in [3.05, 3.63) is 99.0 Å². The van der Waals surface area contributed by atoms with Gasteiger partial charge >= 0.3 is 0 Å². The SMILES string of the molecule is O=C1c2cccc(F)c2C(OCC2(O)CC2)(c2ccc(Cl)cc2)N1Cc1ccc(Cl)cn1. The zero-order chi connectivity index (χ0) is 22.5. The average molecular weight is 473 g/mol. The van der Waals surface area contributed by atoms with Crippen LogP contribution in [0.15, 0.2) is 60.8 Å². The van der Waals surface area contributed by atoms with E-state index in [1.165, 1.54) is 23.2 Å². The van der Waals surface area contributed by atoms with E-state index in [-0.39, 0.29) is 24.3 Å². The molecule has 2 aliphatic rings. The molecule has 5 rings (SSSR count). The van der Waals surface area contributed by atoms with Gasteiger partial charge in [-0.3, -0.25) is 14.7 Å². The van der Waals surface area contributed by atoms with E-state index in [1.54, 1.807) is 42.5 Å². The summed E-state index contributed by atoms with van der Waals surface area (Å²) >= 11 is 12.1. The highest BCUT2D eigenvalue weighted by Gasteiger charge is 2.56. The van der Waals surface area contributed by atoms with Crippen LogP contribution in [-0.4, -0.2) is 33.1 Å². The molecule has 5 nitrogen and oxygen atoms in total. The number of carbonyl (C=O) groups is 1. The van der Waals surface area contributed by atoms with Gasteiger partial charge in [-0.25, -0.2) is 4.39 Å². The van der Waals surface area contributed by atoms with Crippen LogP contribution in [0.1, 0.15) is 40.0 Å². The third kappa shape index (κ3) is 3.57. The Morgan fingerprint density at radius 3 is 2.44 bits per heavy atom. The number of halogens is 3. The van der Waals surface area contributed by atoms with E-state index < -0.39 is 23.1 Å². The Morgan fingerprint density at radius 2 is 1.78 bits per heavy atom. The van der Waals surface area contributed by atoms with Crippen LogP contribution in [0.5, 0.6) is 0 Å². The summed E-state index contributed by atoms with van der Waals surface area (Å²) in [6.45, 7) is -0.00754. The van der Waals surface area contributed by atoms with Gasteiger partial charge in [0.05, 0.1) is 40.6 Å². The van der Waals surface area contributed by atoms with Crippen molar-refractivity contribution < 1.29 is 19.0 Å². The standard InChI is InChI=1S/C24H19Cl2FN2O3/c25-16-6-4-15(5-7-16)24(32-14-23(31)10-11-23)21-19(2-1-3-20(21)27)22(30)29(24)13-18-9-8-17(26)12-28-18/h1-9,12,31H,10-11,13-14H2. The summed E-state index contributed by atoms with van der Waals surface area (Å²) in [6, 6.07) is 14.5. The fourth-order valence-corrected chi connectivity index (χ4v) is 4.29. The van der Waals surface area contributed by atoms with Crippen LogP contribution in [0.3, 0.4) is 0 Å². The maximum Gasteiger partial charge on any atom is 0.257 e. The molecular formula is C24H19Cl2FN2O3. The lowest BCUT2D eigenvalue weighted by Crippen LogP contribution is -2.48. The van der Waals surface area contributed by atoms with Crippen molar-refractivity contribution >= 4 is 29.1 Å². The molecule has 1 fully saturated rings. The van der Waals surface area contributed by atoms with Gasteiger partial charge in [-0.05, 0) is 49.2 Å². The van der Waals surface area contributed by atoms with Crippen LogP contribution in [0.2, 0.25) is 10.0 Å². The summed E-state index contributed by atoms with van der Waals surface area (Å²) in [7, 11) is 0. The first-order valence-electron chi connectivity index (χ1n) is 10.2. The number of carbonyl (C=O) groups excluding carboxylic acids is 1. The van der Waals surface area contributed by atoms with Crippen molar-refractivity contribution in [2.24, 2.45) is 0 Å². The lowest BCUT2D eigenvalue weighted by Gasteiger charge is -2.40. The number of aliphatic hydroxyl groups is 1. The van der Waals surface area contributed by atoms with Gasteiger partial charge in [-0.15, -0.1) is 0 Å². The van der Waals surface area contributed by atoms with Crippen LogP contribution in [0.25, 0.3) is 0 Å². The van der Waals surface area contributed by atoms with Crippen LogP contribution >= 0.6 is 23.2 Å². The smallest absolute Gasteiger partial charge is 0.257 e. The topological polar surface area (TPSA) is 62.7 Å². The largest absolute Gasteiger partial charge is 0.387 e. The molecular weight excluding hydrogens is 454 g/mol. The number of hydrogen-bond donors (Lipinski definition) is 1. The van der Waals surface area contributed by atoms with Crippen LogP contribution in [0, 0.1) is 5.82 Å². The summed E-state index contributed by atoms with van der Waals surface area (Å²) in [5.74, 6) is -0.964. The Hall–Kier alpha value is -2.51. The molecule has 1 atom stereocenters. The number of nitrogens with zero attached hydrogens (tertiary/aromatic N) is 2. The molecule has 2 heterocycles. The first-order chi connectivity index (χ1) is 15.3. The Balaban J connectivity index is 1.70. The normalized spacial score (nSPS) is 21.0. The summed E-state index contributed by atoms with van der Waals surface area (Å²) in [5, 5.41) is 11.5. The van der Waals surface area contributed by atoms with Gasteiger partial charge in [0.1, 0.15) is 5.82 Å². The molecule has 0 saturated heterocycles. The second-order valence-corrected chi connectivity index (χ2v) is 9.06. The summed E-state index contributed by atoms with van der Waals surface area (Å²) in [4.78, 5) is 19.3. The zero-order valence-electron chi connectivity index (χ0n) is 16.9. The minimum Gasteiger partial charge on any atom is -0.387 e. The lowest BCUT2D eigenvalue weighted by atomic mass is 9.92. The van der Waals surface area contributed by atoms with Crippen molar-refractivity contribution in [3.8, 4) is 0 Å². The van der Waals surface area contributed by atoms with Crippen LogP contribution in [0.4, 0.5) is 4.39 Å². The molecule has 1 aromatic heterocycles. The number of aromatic nitrogens is 1. The number of rotatable bonds is 6. The molecule has 1 N–H and O–H groups in total. The zero-order valence-corrected chi connectivity index (χ0v) is 18.4. The number of benzene rings is 2. The lowest BCUT2D eigenvalue weighted by molar-refractivity contribution is -0.139. The predicted octanol–water partition coefficient (Wildman–Crippen LogP) is 4.93. The molecule has 8 heteroatoms. The summed E-state index contributed by atoms with van der Waals surface area (Å²) < 4.78 is 21.7. The van der Waals surface area contributed by atoms with Gasteiger partial charge in [0.25, 0.3) is 5.91 Å². The third-order valence-electron chi connectivity index (χ3n) is 5.93. The van der Waals surface area contributed by atoms with Gasteiger partial charge < -0.3 is 9.84 Å². The minimum atomic E-state index is -1.60. The first kappa shape index (κ1) is 21.3. The summed E-state index contributed by atoms with van der Waals surface area (Å²) in [6.07, 6.45) is 2.66. The van der Waals surface area contributed by atoms with E-state index in [0.717, 1.165) is 0 Å². The maximum atomic E-state index is 15.3. The number of hydrogen-bond acceptors (Lipinski definition) is 4. The molecule has 3 aromatic rings. The van der Waals surface area contributed by atoms with Gasteiger partial charge in [-0.2, -0.15) is 0 Å². The summed E-state index contributed by atoms with van der Waals surface area (Å²) in [5.41, 5.74) is -1.18. The quantitative estimate of drug-likeness (QED) is 0.552. The molecule has 1 aliphatic heterocycles. The molecule has 164 valence electrons. The number of pyridine rings is 1. The van der Waals surface area contributed by atoms with E-state index in [4.69, 9.17) is 27.9 Å². The fraction of sp³-hybridized carbons (Fsp3) is 0.250. The van der Waals surface area contributed by atoms with Crippen molar-refractivity contribution in [2.45, 2.75) is 30.7 Å². The Bertz CT molecular complexity index is 1180. The van der Waals surface area contributed by atoms with Crippen LogP contribution in [-0.2, 0) is 17.0 Å². The monoisotopic (exact) mass is 472 g/mol. The van der Waals surface area contributed by atoms with E-state index in [1.807, 2.05) is 0 Å². The van der Waals surface area contributed by atoms with E-state index in [0.29, 0.717) is 34.1 Å². The molecule has 32 heavy (non-hydrogen) atoms. The van der Waals surface area contributed by atoms with Gasteiger partial charge in [0.2, 0.25) is 0 Å². The van der Waals surface area contributed by atoms with E-state index in [2.05, 4.69) is 4.98 Å². The van der Waals surface area contributed by atoms with Crippen molar-refractivity contribution in [1.29, 1.82) is 0 Å². The molecule has 1 amide bonds. The Labute approximate surface area is 194 Å². The fourth-order valence-electron chi connectivity index (χ4n) is 4.05. The predicted molar refractivity (Wildman–Crippen MR) is 118 cm³/mol. The van der Waals surface area contributed by atoms with Crippen LogP contribution < -0.4 is 0 Å². The highest BCUT2D eigenvalue weighted by atomic mass is 35.5. The second kappa shape index (κ2) is 7.81. The van der Waals surface area contributed by atoms with E-state index >= 15 is 4.39 Å². The first-order valence-corrected chi connectivity index (χ1v) is 10.9. The van der Waals surface area contributed by atoms with Crippen molar-refractivity contribution in [2.75, 3.05) is 6.61 Å². The van der Waals surface area contributed by atoms with E-state index in [9.17, 15) is 9.90 Å². The Morgan fingerprint density at radius 1 is 1.06 bits per heavy atom. The minimum absolute atomic E-state index is 0.0468. The maximum absolute atomic E-state index is 15.3. The van der Waals surface area contributed by atoms with Gasteiger partial charge in [-0.1, -0.05) is 41.4 Å².